The third kappa shape index (κ3) is 4.05. The first kappa shape index (κ1) is 19.3. The maximum absolute atomic E-state index is 13.0. The fourth-order valence-electron chi connectivity index (χ4n) is 3.33. The van der Waals surface area contributed by atoms with Gasteiger partial charge in [-0.15, -0.1) is 0 Å². The number of hydrogen-bond donors (Lipinski definition) is 1. The van der Waals surface area contributed by atoms with Crippen molar-refractivity contribution in [3.05, 3.63) is 120 Å². The van der Waals surface area contributed by atoms with Crippen molar-refractivity contribution in [2.45, 2.75) is 13.0 Å². The van der Waals surface area contributed by atoms with Gasteiger partial charge < -0.3 is 9.88 Å². The van der Waals surface area contributed by atoms with Crippen LogP contribution < -0.4 is 5.32 Å². The number of nitrogens with one attached hydrogen (secondary N) is 1. The van der Waals surface area contributed by atoms with Crippen LogP contribution in [0.2, 0.25) is 0 Å². The summed E-state index contributed by atoms with van der Waals surface area (Å²) in [7, 11) is 0. The fraction of sp³-hybridized carbons (Fsp3) is 0.0800. The molecule has 0 saturated carbocycles. The van der Waals surface area contributed by atoms with Gasteiger partial charge >= 0.3 is 0 Å². The summed E-state index contributed by atoms with van der Waals surface area (Å²) in [6.07, 6.45) is 5.34. The second kappa shape index (κ2) is 8.57. The number of carbonyl (C=O) groups excluding carboxylic acids is 2. The maximum Gasteiger partial charge on any atom is 0.252 e. The zero-order valence-electron chi connectivity index (χ0n) is 16.5. The number of hydrogen-bond acceptors (Lipinski definition) is 3. The van der Waals surface area contributed by atoms with E-state index in [9.17, 15) is 9.59 Å². The van der Waals surface area contributed by atoms with E-state index >= 15 is 0 Å². The molecular weight excluding hydrogens is 374 g/mol. The molecule has 5 heteroatoms. The Morgan fingerprint density at radius 3 is 2.20 bits per heavy atom. The van der Waals surface area contributed by atoms with Crippen LogP contribution in [0.1, 0.15) is 44.8 Å². The second-order valence-electron chi connectivity index (χ2n) is 7.00. The summed E-state index contributed by atoms with van der Waals surface area (Å²) >= 11 is 0. The summed E-state index contributed by atoms with van der Waals surface area (Å²) in [5, 5.41) is 3.00. The van der Waals surface area contributed by atoms with Crippen LogP contribution in [0.4, 0.5) is 0 Å². The van der Waals surface area contributed by atoms with Crippen LogP contribution in [-0.2, 0) is 0 Å². The van der Waals surface area contributed by atoms with E-state index in [0.29, 0.717) is 16.7 Å². The molecule has 0 fully saturated rings. The zero-order chi connectivity index (χ0) is 20.9. The SMILES string of the molecule is CC(NC(=O)c1ccccc1C(=O)c1ccccc1)c1ccc(-n2ccnc2)cc1. The van der Waals surface area contributed by atoms with E-state index in [4.69, 9.17) is 0 Å². The largest absolute Gasteiger partial charge is 0.345 e. The molecule has 30 heavy (non-hydrogen) atoms. The van der Waals surface area contributed by atoms with E-state index in [1.807, 2.05) is 60.2 Å². The molecule has 1 amide bonds. The lowest BCUT2D eigenvalue weighted by atomic mass is 9.97. The van der Waals surface area contributed by atoms with Gasteiger partial charge in [0.15, 0.2) is 5.78 Å². The number of nitrogens with zero attached hydrogens (tertiary/aromatic N) is 2. The van der Waals surface area contributed by atoms with Gasteiger partial charge in [0, 0.05) is 29.2 Å². The van der Waals surface area contributed by atoms with Gasteiger partial charge in [-0.05, 0) is 30.7 Å². The highest BCUT2D eigenvalue weighted by atomic mass is 16.2. The molecule has 0 aliphatic heterocycles. The summed E-state index contributed by atoms with van der Waals surface area (Å²) in [6, 6.07) is 23.6. The van der Waals surface area contributed by atoms with Crippen molar-refractivity contribution in [3.63, 3.8) is 0 Å². The highest BCUT2D eigenvalue weighted by molar-refractivity contribution is 6.15. The monoisotopic (exact) mass is 395 g/mol. The minimum atomic E-state index is -0.277. The third-order valence-corrected chi connectivity index (χ3v) is 5.00. The molecule has 0 radical (unpaired) electrons. The van der Waals surface area contributed by atoms with E-state index in [2.05, 4.69) is 10.3 Å². The Morgan fingerprint density at radius 1 is 0.867 bits per heavy atom. The lowest BCUT2D eigenvalue weighted by molar-refractivity contribution is 0.0929. The van der Waals surface area contributed by atoms with Crippen molar-refractivity contribution in [1.82, 2.24) is 14.9 Å². The van der Waals surface area contributed by atoms with Gasteiger partial charge in [0.2, 0.25) is 0 Å². The normalized spacial score (nSPS) is 11.6. The lowest BCUT2D eigenvalue weighted by Crippen LogP contribution is -2.28. The van der Waals surface area contributed by atoms with Crippen molar-refractivity contribution in [3.8, 4) is 5.69 Å². The Kier molecular flexibility index (Phi) is 5.52. The average molecular weight is 395 g/mol. The smallest absolute Gasteiger partial charge is 0.252 e. The fourth-order valence-corrected chi connectivity index (χ4v) is 3.33. The van der Waals surface area contributed by atoms with Gasteiger partial charge in [-0.2, -0.15) is 0 Å². The Morgan fingerprint density at radius 2 is 1.53 bits per heavy atom. The standard InChI is InChI=1S/C25H21N3O2/c1-18(19-11-13-21(14-12-19)28-16-15-26-17-28)27-25(30)23-10-6-5-9-22(23)24(29)20-7-3-2-4-8-20/h2-18H,1H3,(H,27,30). The molecule has 1 heterocycles. The van der Waals surface area contributed by atoms with Gasteiger partial charge in [-0.3, -0.25) is 9.59 Å². The molecule has 1 atom stereocenters. The van der Waals surface area contributed by atoms with E-state index in [0.717, 1.165) is 11.3 Å². The van der Waals surface area contributed by atoms with E-state index in [-0.39, 0.29) is 17.7 Å². The highest BCUT2D eigenvalue weighted by Crippen LogP contribution is 2.19. The van der Waals surface area contributed by atoms with Crippen LogP contribution in [0, 0.1) is 0 Å². The average Bonchev–Trinajstić information content (AvgIpc) is 3.34. The molecule has 1 N–H and O–H groups in total. The van der Waals surface area contributed by atoms with Gasteiger partial charge in [0.25, 0.3) is 5.91 Å². The van der Waals surface area contributed by atoms with Crippen molar-refractivity contribution in [2.75, 3.05) is 0 Å². The van der Waals surface area contributed by atoms with Crippen LogP contribution >= 0.6 is 0 Å². The van der Waals surface area contributed by atoms with E-state index < -0.39 is 0 Å². The van der Waals surface area contributed by atoms with Crippen molar-refractivity contribution in [2.24, 2.45) is 0 Å². The number of carbonyl (C=O) groups is 2. The van der Waals surface area contributed by atoms with Gasteiger partial charge in [0.1, 0.15) is 0 Å². The number of rotatable bonds is 6. The first-order chi connectivity index (χ1) is 14.6. The molecule has 4 aromatic rings. The van der Waals surface area contributed by atoms with Crippen LogP contribution in [-0.4, -0.2) is 21.2 Å². The van der Waals surface area contributed by atoms with Crippen molar-refractivity contribution >= 4 is 11.7 Å². The van der Waals surface area contributed by atoms with Crippen LogP contribution in [0.5, 0.6) is 0 Å². The number of ketones is 1. The molecule has 3 aromatic carbocycles. The quantitative estimate of drug-likeness (QED) is 0.486. The number of benzene rings is 3. The Labute approximate surface area is 175 Å². The zero-order valence-corrected chi connectivity index (χ0v) is 16.5. The number of amides is 1. The minimum absolute atomic E-state index is 0.168. The first-order valence-electron chi connectivity index (χ1n) is 9.71. The van der Waals surface area contributed by atoms with Gasteiger partial charge in [0.05, 0.1) is 17.9 Å². The summed E-state index contributed by atoms with van der Waals surface area (Å²) in [4.78, 5) is 29.9. The number of aromatic nitrogens is 2. The topological polar surface area (TPSA) is 64.0 Å². The molecule has 4 rings (SSSR count). The van der Waals surface area contributed by atoms with Crippen molar-refractivity contribution in [1.29, 1.82) is 0 Å². The molecule has 148 valence electrons. The predicted molar refractivity (Wildman–Crippen MR) is 116 cm³/mol. The Balaban J connectivity index is 1.52. The van der Waals surface area contributed by atoms with Crippen LogP contribution in [0.15, 0.2) is 97.6 Å². The molecule has 0 saturated heterocycles. The molecule has 1 unspecified atom stereocenters. The third-order valence-electron chi connectivity index (χ3n) is 5.00. The number of imidazole rings is 1. The second-order valence-corrected chi connectivity index (χ2v) is 7.00. The Hall–Kier alpha value is -3.99. The van der Waals surface area contributed by atoms with E-state index in [1.165, 1.54) is 0 Å². The molecule has 0 bridgehead atoms. The molecule has 0 aliphatic carbocycles. The van der Waals surface area contributed by atoms with Crippen LogP contribution in [0.25, 0.3) is 5.69 Å². The summed E-state index contributed by atoms with van der Waals surface area (Å²) in [6.45, 7) is 1.92. The molecule has 1 aromatic heterocycles. The molecule has 0 spiro atoms. The van der Waals surface area contributed by atoms with E-state index in [1.54, 1.807) is 48.9 Å². The van der Waals surface area contributed by atoms with Gasteiger partial charge in [-0.25, -0.2) is 4.98 Å². The first-order valence-corrected chi connectivity index (χ1v) is 9.71. The summed E-state index contributed by atoms with van der Waals surface area (Å²) in [5.41, 5.74) is 3.28. The molecule has 0 aliphatic rings. The van der Waals surface area contributed by atoms with Crippen LogP contribution in [0.3, 0.4) is 0 Å². The highest BCUT2D eigenvalue weighted by Gasteiger charge is 2.19. The molecular formula is C25H21N3O2. The minimum Gasteiger partial charge on any atom is -0.345 e. The summed E-state index contributed by atoms with van der Waals surface area (Å²) in [5.74, 6) is -0.445. The summed E-state index contributed by atoms with van der Waals surface area (Å²) < 4.78 is 1.92. The van der Waals surface area contributed by atoms with Crippen molar-refractivity contribution < 1.29 is 9.59 Å². The maximum atomic E-state index is 13.0. The Bertz CT molecular complexity index is 1150. The van der Waals surface area contributed by atoms with Gasteiger partial charge in [-0.1, -0.05) is 60.7 Å². The predicted octanol–water partition coefficient (Wildman–Crippen LogP) is 4.59. The molecule has 5 nitrogen and oxygen atoms in total. The lowest BCUT2D eigenvalue weighted by Gasteiger charge is -2.16.